The van der Waals surface area contributed by atoms with Crippen LogP contribution in [0.1, 0.15) is 33.6 Å². The Morgan fingerprint density at radius 1 is 1.35 bits per heavy atom. The van der Waals surface area contributed by atoms with Gasteiger partial charge in [0.2, 0.25) is 0 Å². The highest BCUT2D eigenvalue weighted by molar-refractivity contribution is 7.87. The normalized spacial score (nSPS) is 13.9. The molecule has 0 aromatic rings. The summed E-state index contributed by atoms with van der Waals surface area (Å²) in [5.74, 6) is -0.847. The molecule has 0 aliphatic heterocycles. The van der Waals surface area contributed by atoms with Gasteiger partial charge >= 0.3 is 5.97 Å². The van der Waals surface area contributed by atoms with Gasteiger partial charge in [-0.1, -0.05) is 20.8 Å². The van der Waals surface area contributed by atoms with E-state index in [1.807, 2.05) is 6.92 Å². The third-order valence-electron chi connectivity index (χ3n) is 2.51. The first-order valence-corrected chi connectivity index (χ1v) is 7.24. The van der Waals surface area contributed by atoms with Crippen LogP contribution in [0, 0.1) is 5.92 Å². The van der Waals surface area contributed by atoms with E-state index in [4.69, 9.17) is 5.11 Å². The molecule has 0 aromatic carbocycles. The Morgan fingerprint density at radius 3 is 2.29 bits per heavy atom. The van der Waals surface area contributed by atoms with Crippen molar-refractivity contribution in [2.75, 3.05) is 19.6 Å². The summed E-state index contributed by atoms with van der Waals surface area (Å²) in [6, 6.07) is 0. The number of nitrogens with zero attached hydrogens (tertiary/aromatic N) is 1. The van der Waals surface area contributed by atoms with Gasteiger partial charge in [-0.15, -0.1) is 0 Å². The molecule has 0 aliphatic rings. The van der Waals surface area contributed by atoms with Crippen LogP contribution in [-0.4, -0.2) is 43.4 Å². The van der Waals surface area contributed by atoms with Gasteiger partial charge in [0.05, 0.1) is 0 Å². The lowest BCUT2D eigenvalue weighted by Crippen LogP contribution is -2.42. The summed E-state index contributed by atoms with van der Waals surface area (Å²) in [4.78, 5) is 10.4. The molecule has 0 rings (SSSR count). The molecule has 17 heavy (non-hydrogen) atoms. The Hall–Kier alpha value is -0.660. The van der Waals surface area contributed by atoms with E-state index in [0.717, 1.165) is 0 Å². The molecule has 0 heterocycles. The van der Waals surface area contributed by atoms with Crippen molar-refractivity contribution < 1.29 is 18.3 Å². The zero-order chi connectivity index (χ0) is 13.5. The summed E-state index contributed by atoms with van der Waals surface area (Å²) in [5, 5.41) is 8.51. The summed E-state index contributed by atoms with van der Waals surface area (Å²) in [6.07, 6.45) is 0.532. The van der Waals surface area contributed by atoms with E-state index in [0.29, 0.717) is 19.5 Å². The summed E-state index contributed by atoms with van der Waals surface area (Å²) >= 11 is 0. The molecule has 0 spiro atoms. The smallest absolute Gasteiger partial charge is 0.303 e. The fraction of sp³-hybridized carbons (Fsp3) is 0.900. The Bertz CT molecular complexity index is 325. The van der Waals surface area contributed by atoms with Crippen molar-refractivity contribution in [2.45, 2.75) is 33.6 Å². The van der Waals surface area contributed by atoms with Gasteiger partial charge < -0.3 is 5.11 Å². The highest BCUT2D eigenvalue weighted by atomic mass is 32.2. The molecule has 0 aliphatic carbocycles. The van der Waals surface area contributed by atoms with Crippen molar-refractivity contribution in [3.8, 4) is 0 Å². The minimum absolute atomic E-state index is 0.0106. The van der Waals surface area contributed by atoms with Crippen LogP contribution in [0.25, 0.3) is 0 Å². The highest BCUT2D eigenvalue weighted by Crippen LogP contribution is 2.05. The van der Waals surface area contributed by atoms with Gasteiger partial charge in [0, 0.05) is 26.1 Å². The highest BCUT2D eigenvalue weighted by Gasteiger charge is 2.18. The minimum Gasteiger partial charge on any atom is -0.481 e. The first kappa shape index (κ1) is 16.3. The van der Waals surface area contributed by atoms with Crippen LogP contribution in [0.15, 0.2) is 0 Å². The van der Waals surface area contributed by atoms with Crippen molar-refractivity contribution in [2.24, 2.45) is 5.92 Å². The largest absolute Gasteiger partial charge is 0.481 e. The van der Waals surface area contributed by atoms with Gasteiger partial charge in [-0.3, -0.25) is 4.79 Å². The quantitative estimate of drug-likeness (QED) is 0.642. The number of carbonyl (C=O) groups is 1. The number of hydrogen-bond acceptors (Lipinski definition) is 3. The molecule has 0 aromatic heterocycles. The topological polar surface area (TPSA) is 86.7 Å². The molecule has 0 amide bonds. The molecular weight excluding hydrogens is 244 g/mol. The molecule has 0 saturated heterocycles. The summed E-state index contributed by atoms with van der Waals surface area (Å²) in [5.41, 5.74) is 0. The molecule has 0 fully saturated rings. The lowest BCUT2D eigenvalue weighted by Gasteiger charge is -2.20. The van der Waals surface area contributed by atoms with Crippen LogP contribution in [0.4, 0.5) is 0 Å². The standard InChI is InChI=1S/C10H22N2O4S/c1-4-12(5-2)17(15,16)11-8-9(3)6-7-10(13)14/h9,11H,4-8H2,1-3H3,(H,13,14). The number of aliphatic carboxylic acids is 1. The average Bonchev–Trinajstić information content (AvgIpc) is 2.25. The third-order valence-corrected chi connectivity index (χ3v) is 4.24. The SMILES string of the molecule is CCN(CC)S(=O)(=O)NCC(C)CCC(=O)O. The maximum absolute atomic E-state index is 11.7. The zero-order valence-corrected chi connectivity index (χ0v) is 11.5. The number of hydrogen-bond donors (Lipinski definition) is 2. The lowest BCUT2D eigenvalue weighted by atomic mass is 10.1. The van der Waals surface area contributed by atoms with Crippen molar-refractivity contribution >= 4 is 16.2 Å². The Morgan fingerprint density at radius 2 is 1.88 bits per heavy atom. The second kappa shape index (κ2) is 7.62. The predicted molar refractivity (Wildman–Crippen MR) is 65.9 cm³/mol. The summed E-state index contributed by atoms with van der Waals surface area (Å²) < 4.78 is 27.3. The summed E-state index contributed by atoms with van der Waals surface area (Å²) in [7, 11) is -3.42. The second-order valence-electron chi connectivity index (χ2n) is 3.98. The van der Waals surface area contributed by atoms with Crippen LogP contribution in [0.3, 0.4) is 0 Å². The second-order valence-corrected chi connectivity index (χ2v) is 5.73. The molecule has 0 saturated carbocycles. The van der Waals surface area contributed by atoms with Crippen molar-refractivity contribution in [1.82, 2.24) is 9.03 Å². The minimum atomic E-state index is -3.42. The van der Waals surface area contributed by atoms with Gasteiger partial charge in [0.15, 0.2) is 0 Å². The van der Waals surface area contributed by atoms with E-state index in [-0.39, 0.29) is 18.9 Å². The molecule has 1 atom stereocenters. The molecule has 0 bridgehead atoms. The first-order valence-electron chi connectivity index (χ1n) is 5.80. The van der Waals surface area contributed by atoms with E-state index >= 15 is 0 Å². The first-order chi connectivity index (χ1) is 7.83. The monoisotopic (exact) mass is 266 g/mol. The fourth-order valence-corrected chi connectivity index (χ4v) is 2.73. The zero-order valence-electron chi connectivity index (χ0n) is 10.6. The van der Waals surface area contributed by atoms with E-state index in [1.165, 1.54) is 4.31 Å². The number of nitrogens with one attached hydrogen (secondary N) is 1. The molecule has 102 valence electrons. The van der Waals surface area contributed by atoms with Crippen molar-refractivity contribution in [3.05, 3.63) is 0 Å². The van der Waals surface area contributed by atoms with Gasteiger partial charge in [0.25, 0.3) is 10.2 Å². The molecule has 0 radical (unpaired) electrons. The molecule has 7 heteroatoms. The van der Waals surface area contributed by atoms with Crippen molar-refractivity contribution in [3.63, 3.8) is 0 Å². The lowest BCUT2D eigenvalue weighted by molar-refractivity contribution is -0.137. The van der Waals surface area contributed by atoms with E-state index < -0.39 is 16.2 Å². The molecular formula is C10H22N2O4S. The van der Waals surface area contributed by atoms with E-state index in [2.05, 4.69) is 4.72 Å². The van der Waals surface area contributed by atoms with Crippen LogP contribution >= 0.6 is 0 Å². The van der Waals surface area contributed by atoms with Gasteiger partial charge in [-0.25, -0.2) is 4.72 Å². The van der Waals surface area contributed by atoms with Gasteiger partial charge in [-0.2, -0.15) is 12.7 Å². The van der Waals surface area contributed by atoms with Crippen molar-refractivity contribution in [1.29, 1.82) is 0 Å². The Kier molecular flexibility index (Phi) is 7.33. The van der Waals surface area contributed by atoms with Crippen LogP contribution < -0.4 is 4.72 Å². The molecule has 6 nitrogen and oxygen atoms in total. The van der Waals surface area contributed by atoms with Crippen LogP contribution in [0.2, 0.25) is 0 Å². The van der Waals surface area contributed by atoms with Gasteiger partial charge in [0.1, 0.15) is 0 Å². The third kappa shape index (κ3) is 6.60. The maximum Gasteiger partial charge on any atom is 0.303 e. The molecule has 1 unspecified atom stereocenters. The summed E-state index contributed by atoms with van der Waals surface area (Å²) in [6.45, 7) is 6.50. The number of rotatable bonds is 9. The number of carboxylic acids is 1. The van der Waals surface area contributed by atoms with Crippen LogP contribution in [0.5, 0.6) is 0 Å². The predicted octanol–water partition coefficient (Wildman–Crippen LogP) is 0.664. The molecule has 2 N–H and O–H groups in total. The van der Waals surface area contributed by atoms with E-state index in [9.17, 15) is 13.2 Å². The number of carboxylic acid groups (broad SMARTS) is 1. The maximum atomic E-state index is 11.7. The van der Waals surface area contributed by atoms with Crippen LogP contribution in [-0.2, 0) is 15.0 Å². The van der Waals surface area contributed by atoms with Gasteiger partial charge in [-0.05, 0) is 12.3 Å². The fourth-order valence-electron chi connectivity index (χ4n) is 1.37. The Balaban J connectivity index is 4.13. The average molecular weight is 266 g/mol. The Labute approximate surface area is 103 Å². The van der Waals surface area contributed by atoms with E-state index in [1.54, 1.807) is 13.8 Å².